The van der Waals surface area contributed by atoms with Crippen molar-refractivity contribution < 1.29 is 9.13 Å². The maximum atomic E-state index is 13.6. The normalized spacial score (nSPS) is 10.7. The second-order valence-corrected chi connectivity index (χ2v) is 4.03. The van der Waals surface area contributed by atoms with Gasteiger partial charge in [0, 0.05) is 24.8 Å². The van der Waals surface area contributed by atoms with Gasteiger partial charge in [-0.25, -0.2) is 4.39 Å². The monoisotopic (exact) mass is 254 g/mol. The molecule has 0 fully saturated rings. The van der Waals surface area contributed by atoms with Gasteiger partial charge in [0.25, 0.3) is 0 Å². The van der Waals surface area contributed by atoms with Crippen LogP contribution in [-0.2, 0) is 0 Å². The Kier molecular flexibility index (Phi) is 6.50. The van der Waals surface area contributed by atoms with E-state index in [1.807, 2.05) is 13.0 Å². The van der Waals surface area contributed by atoms with E-state index in [1.54, 1.807) is 6.07 Å². The van der Waals surface area contributed by atoms with E-state index >= 15 is 0 Å². The molecule has 1 rings (SSSR count). The Morgan fingerprint density at radius 3 is 2.50 bits per heavy atom. The van der Waals surface area contributed by atoms with Crippen molar-refractivity contribution in [3.8, 4) is 5.75 Å². The number of hydrogen-bond acceptors (Lipinski definition) is 3. The van der Waals surface area contributed by atoms with Gasteiger partial charge in [-0.1, -0.05) is 13.8 Å². The third kappa shape index (κ3) is 4.53. The molecule has 0 unspecified atom stereocenters. The predicted octanol–water partition coefficient (Wildman–Crippen LogP) is 2.98. The number of halogens is 1. The highest BCUT2D eigenvalue weighted by Gasteiger charge is 2.04. The van der Waals surface area contributed by atoms with Gasteiger partial charge in [0.1, 0.15) is 0 Å². The average molecular weight is 254 g/mol. The van der Waals surface area contributed by atoms with Crippen molar-refractivity contribution in [1.29, 1.82) is 0 Å². The van der Waals surface area contributed by atoms with E-state index in [-0.39, 0.29) is 5.82 Å². The van der Waals surface area contributed by atoms with Gasteiger partial charge >= 0.3 is 0 Å². The van der Waals surface area contributed by atoms with E-state index in [1.165, 1.54) is 6.07 Å². The van der Waals surface area contributed by atoms with Crippen LogP contribution in [0, 0.1) is 5.82 Å². The minimum Gasteiger partial charge on any atom is -0.491 e. The van der Waals surface area contributed by atoms with Crippen LogP contribution in [-0.4, -0.2) is 37.7 Å². The van der Waals surface area contributed by atoms with Crippen molar-refractivity contribution in [2.45, 2.75) is 20.8 Å². The van der Waals surface area contributed by atoms with E-state index < -0.39 is 0 Å². The number of hydrogen-bond donors (Lipinski definition) is 1. The molecule has 3 nitrogen and oxygen atoms in total. The maximum absolute atomic E-state index is 13.6. The Bertz CT molecular complexity index is 354. The van der Waals surface area contributed by atoms with Gasteiger partial charge in [0.05, 0.1) is 6.61 Å². The molecule has 0 saturated carbocycles. The van der Waals surface area contributed by atoms with Gasteiger partial charge < -0.3 is 15.0 Å². The lowest BCUT2D eigenvalue weighted by molar-refractivity contribution is 0.315. The van der Waals surface area contributed by atoms with E-state index in [4.69, 9.17) is 4.74 Å². The first kappa shape index (κ1) is 14.8. The van der Waals surface area contributed by atoms with Crippen molar-refractivity contribution in [1.82, 2.24) is 4.90 Å². The molecule has 0 saturated heterocycles. The molecule has 0 aliphatic carbocycles. The Hall–Kier alpha value is -1.29. The van der Waals surface area contributed by atoms with Crippen LogP contribution < -0.4 is 10.1 Å². The number of anilines is 1. The standard InChI is InChI=1S/C14H23FN2O/c1-4-17(5-2)10-9-16-12-7-8-14(18-6-3)13(15)11-12/h7-8,11,16H,4-6,9-10H2,1-3H3. The Morgan fingerprint density at radius 1 is 1.22 bits per heavy atom. The van der Waals surface area contributed by atoms with Crippen molar-refractivity contribution in [2.24, 2.45) is 0 Å². The van der Waals surface area contributed by atoms with Gasteiger partial charge in [0.2, 0.25) is 0 Å². The van der Waals surface area contributed by atoms with Crippen molar-refractivity contribution in [2.75, 3.05) is 38.1 Å². The molecular weight excluding hydrogens is 231 g/mol. The number of nitrogens with one attached hydrogen (secondary N) is 1. The molecule has 0 aromatic heterocycles. The van der Waals surface area contributed by atoms with Crippen LogP contribution in [0.2, 0.25) is 0 Å². The zero-order valence-electron chi connectivity index (χ0n) is 11.5. The summed E-state index contributed by atoms with van der Waals surface area (Å²) in [5, 5.41) is 3.22. The zero-order chi connectivity index (χ0) is 13.4. The molecule has 0 bridgehead atoms. The fourth-order valence-corrected chi connectivity index (χ4v) is 1.78. The van der Waals surface area contributed by atoms with Crippen LogP contribution in [0.25, 0.3) is 0 Å². The highest BCUT2D eigenvalue weighted by atomic mass is 19.1. The third-order valence-electron chi connectivity index (χ3n) is 2.88. The summed E-state index contributed by atoms with van der Waals surface area (Å²) in [5.74, 6) is -0.00326. The SMILES string of the molecule is CCOc1ccc(NCCN(CC)CC)cc1F. The van der Waals surface area contributed by atoms with Crippen LogP contribution in [0.3, 0.4) is 0 Å². The summed E-state index contributed by atoms with van der Waals surface area (Å²) in [7, 11) is 0. The highest BCUT2D eigenvalue weighted by Crippen LogP contribution is 2.20. The molecule has 0 aliphatic heterocycles. The van der Waals surface area contributed by atoms with Gasteiger partial charge in [0.15, 0.2) is 11.6 Å². The topological polar surface area (TPSA) is 24.5 Å². The maximum Gasteiger partial charge on any atom is 0.167 e. The Morgan fingerprint density at radius 2 is 1.94 bits per heavy atom. The quantitative estimate of drug-likeness (QED) is 0.772. The lowest BCUT2D eigenvalue weighted by Crippen LogP contribution is -2.28. The van der Waals surface area contributed by atoms with Crippen LogP contribution in [0.5, 0.6) is 5.75 Å². The molecule has 0 spiro atoms. The molecule has 0 heterocycles. The smallest absolute Gasteiger partial charge is 0.167 e. The van der Waals surface area contributed by atoms with Crippen LogP contribution in [0.15, 0.2) is 18.2 Å². The number of ether oxygens (including phenoxy) is 1. The Balaban J connectivity index is 2.45. The molecular formula is C14H23FN2O. The number of rotatable bonds is 8. The number of nitrogens with zero attached hydrogens (tertiary/aromatic N) is 1. The molecule has 18 heavy (non-hydrogen) atoms. The van der Waals surface area contributed by atoms with E-state index in [9.17, 15) is 4.39 Å². The largest absolute Gasteiger partial charge is 0.491 e. The summed E-state index contributed by atoms with van der Waals surface area (Å²) in [6.07, 6.45) is 0. The summed E-state index contributed by atoms with van der Waals surface area (Å²) in [4.78, 5) is 2.32. The lowest BCUT2D eigenvalue weighted by atomic mass is 10.3. The van der Waals surface area contributed by atoms with Crippen LogP contribution in [0.1, 0.15) is 20.8 Å². The van der Waals surface area contributed by atoms with E-state index in [2.05, 4.69) is 24.1 Å². The third-order valence-corrected chi connectivity index (χ3v) is 2.88. The van der Waals surface area contributed by atoms with Gasteiger partial charge in [-0.2, -0.15) is 0 Å². The summed E-state index contributed by atoms with van der Waals surface area (Å²) in [5.41, 5.74) is 0.795. The Labute approximate surface area is 109 Å². The molecule has 102 valence electrons. The second-order valence-electron chi connectivity index (χ2n) is 4.03. The fourth-order valence-electron chi connectivity index (χ4n) is 1.78. The molecule has 0 aliphatic rings. The summed E-state index contributed by atoms with van der Waals surface area (Å²) in [6.45, 7) is 10.4. The zero-order valence-corrected chi connectivity index (χ0v) is 11.5. The minimum atomic E-state index is -0.315. The summed E-state index contributed by atoms with van der Waals surface area (Å²) >= 11 is 0. The van der Waals surface area contributed by atoms with Crippen molar-refractivity contribution in [3.63, 3.8) is 0 Å². The average Bonchev–Trinajstić information content (AvgIpc) is 2.38. The number of benzene rings is 1. The van der Waals surface area contributed by atoms with Gasteiger partial charge in [-0.3, -0.25) is 0 Å². The van der Waals surface area contributed by atoms with Crippen molar-refractivity contribution in [3.05, 3.63) is 24.0 Å². The van der Waals surface area contributed by atoms with Crippen LogP contribution in [0.4, 0.5) is 10.1 Å². The second kappa shape index (κ2) is 7.93. The van der Waals surface area contributed by atoms with E-state index in [0.717, 1.165) is 31.9 Å². The predicted molar refractivity (Wildman–Crippen MR) is 73.8 cm³/mol. The molecule has 0 atom stereocenters. The molecule has 0 radical (unpaired) electrons. The highest BCUT2D eigenvalue weighted by molar-refractivity contribution is 5.47. The molecule has 1 aromatic carbocycles. The minimum absolute atomic E-state index is 0.312. The first-order valence-corrected chi connectivity index (χ1v) is 6.59. The van der Waals surface area contributed by atoms with Gasteiger partial charge in [-0.15, -0.1) is 0 Å². The van der Waals surface area contributed by atoms with Crippen molar-refractivity contribution >= 4 is 5.69 Å². The summed E-state index contributed by atoms with van der Waals surface area (Å²) in [6, 6.07) is 4.99. The molecule has 1 N–H and O–H groups in total. The first-order valence-electron chi connectivity index (χ1n) is 6.59. The lowest BCUT2D eigenvalue weighted by Gasteiger charge is -2.18. The van der Waals surface area contributed by atoms with Gasteiger partial charge in [-0.05, 0) is 32.1 Å². The molecule has 4 heteroatoms. The van der Waals surface area contributed by atoms with Crippen LogP contribution >= 0.6 is 0 Å². The number of likely N-dealkylation sites (N-methyl/N-ethyl adjacent to an activating group) is 1. The van der Waals surface area contributed by atoms with E-state index in [0.29, 0.717) is 12.4 Å². The molecule has 1 aromatic rings. The summed E-state index contributed by atoms with van der Waals surface area (Å²) < 4.78 is 18.7. The molecule has 0 amide bonds. The first-order chi connectivity index (χ1) is 8.71. The fraction of sp³-hybridized carbons (Fsp3) is 0.571.